The van der Waals surface area contributed by atoms with Crippen molar-refractivity contribution in [1.29, 1.82) is 0 Å². The Morgan fingerprint density at radius 2 is 2.40 bits per heavy atom. The number of piperazine rings is 1. The second-order valence-electron chi connectivity index (χ2n) is 2.79. The van der Waals surface area contributed by atoms with Crippen LogP contribution in [0, 0.1) is 6.42 Å². The maximum Gasteiger partial charge on any atom is 0.0224 e. The van der Waals surface area contributed by atoms with Crippen molar-refractivity contribution in [2.75, 3.05) is 19.6 Å². The Labute approximate surface area is 63.4 Å². The number of unbranched alkanes of at least 4 members (excludes halogenated alkanes) is 1. The summed E-state index contributed by atoms with van der Waals surface area (Å²) in [7, 11) is 0. The van der Waals surface area contributed by atoms with Crippen molar-refractivity contribution in [1.82, 2.24) is 10.6 Å². The van der Waals surface area contributed by atoms with Crippen LogP contribution < -0.4 is 10.6 Å². The van der Waals surface area contributed by atoms with Crippen LogP contribution in [0.15, 0.2) is 0 Å². The van der Waals surface area contributed by atoms with Crippen LogP contribution in [-0.4, -0.2) is 25.7 Å². The molecule has 0 amide bonds. The Hall–Kier alpha value is -0.0800. The lowest BCUT2D eigenvalue weighted by Gasteiger charge is -2.23. The van der Waals surface area contributed by atoms with E-state index >= 15 is 0 Å². The topological polar surface area (TPSA) is 24.1 Å². The van der Waals surface area contributed by atoms with Gasteiger partial charge in [-0.15, -0.1) is 0 Å². The summed E-state index contributed by atoms with van der Waals surface area (Å²) in [5.41, 5.74) is 0. The highest BCUT2D eigenvalue weighted by Gasteiger charge is 2.09. The second kappa shape index (κ2) is 4.69. The summed E-state index contributed by atoms with van der Waals surface area (Å²) in [5, 5.41) is 6.79. The highest BCUT2D eigenvalue weighted by Crippen LogP contribution is 1.99. The average Bonchev–Trinajstić information content (AvgIpc) is 2.03. The van der Waals surface area contributed by atoms with Gasteiger partial charge in [0, 0.05) is 25.7 Å². The molecule has 0 bridgehead atoms. The third kappa shape index (κ3) is 2.67. The molecule has 1 rings (SSSR count). The van der Waals surface area contributed by atoms with Crippen molar-refractivity contribution < 1.29 is 0 Å². The quantitative estimate of drug-likeness (QED) is 0.600. The molecule has 1 radical (unpaired) electrons. The minimum atomic E-state index is 0.619. The van der Waals surface area contributed by atoms with Gasteiger partial charge in [0.25, 0.3) is 0 Å². The highest BCUT2D eigenvalue weighted by molar-refractivity contribution is 4.87. The second-order valence-corrected chi connectivity index (χ2v) is 2.79. The van der Waals surface area contributed by atoms with E-state index in [1.807, 2.05) is 0 Å². The number of rotatable bonds is 3. The van der Waals surface area contributed by atoms with E-state index in [4.69, 9.17) is 0 Å². The number of hydrogen-bond donors (Lipinski definition) is 2. The molecule has 1 atom stereocenters. The van der Waals surface area contributed by atoms with Gasteiger partial charge in [0.15, 0.2) is 0 Å². The van der Waals surface area contributed by atoms with Gasteiger partial charge in [-0.1, -0.05) is 13.3 Å². The van der Waals surface area contributed by atoms with Gasteiger partial charge in [0.1, 0.15) is 0 Å². The molecule has 0 aromatic heterocycles. The average molecular weight is 141 g/mol. The lowest BCUT2D eigenvalue weighted by Crippen LogP contribution is -2.48. The summed E-state index contributed by atoms with van der Waals surface area (Å²) >= 11 is 0. The fraction of sp³-hybridized carbons (Fsp3) is 0.875. The van der Waals surface area contributed by atoms with E-state index < -0.39 is 0 Å². The molecular formula is C8H17N2. The number of nitrogens with one attached hydrogen (secondary N) is 2. The summed E-state index contributed by atoms with van der Waals surface area (Å²) in [6, 6.07) is 0.619. The van der Waals surface area contributed by atoms with Gasteiger partial charge >= 0.3 is 0 Å². The summed E-state index contributed by atoms with van der Waals surface area (Å²) < 4.78 is 0. The van der Waals surface area contributed by atoms with Crippen LogP contribution in [0.4, 0.5) is 0 Å². The summed E-state index contributed by atoms with van der Waals surface area (Å²) in [4.78, 5) is 0. The molecule has 0 aliphatic carbocycles. The van der Waals surface area contributed by atoms with Gasteiger partial charge in [-0.2, -0.15) is 0 Å². The van der Waals surface area contributed by atoms with Crippen molar-refractivity contribution in [3.8, 4) is 0 Å². The molecule has 0 saturated carbocycles. The maximum absolute atomic E-state index is 3.44. The van der Waals surface area contributed by atoms with Crippen LogP contribution >= 0.6 is 0 Å². The molecule has 2 nitrogen and oxygen atoms in total. The molecular weight excluding hydrogens is 124 g/mol. The summed E-state index contributed by atoms with van der Waals surface area (Å²) in [5.74, 6) is 0. The first-order valence-corrected chi connectivity index (χ1v) is 4.21. The van der Waals surface area contributed by atoms with Crippen molar-refractivity contribution in [3.05, 3.63) is 6.42 Å². The molecule has 1 aliphatic rings. The molecule has 1 unspecified atom stereocenters. The molecule has 10 heavy (non-hydrogen) atoms. The van der Waals surface area contributed by atoms with Gasteiger partial charge in [0.05, 0.1) is 0 Å². The molecule has 0 aromatic rings. The molecule has 59 valence electrons. The molecule has 0 spiro atoms. The highest BCUT2D eigenvalue weighted by atomic mass is 15.0. The lowest BCUT2D eigenvalue weighted by atomic mass is 10.1. The van der Waals surface area contributed by atoms with Crippen LogP contribution in [0.25, 0.3) is 0 Å². The first kappa shape index (κ1) is 8.02. The maximum atomic E-state index is 3.44. The van der Waals surface area contributed by atoms with Gasteiger partial charge in [-0.3, -0.25) is 0 Å². The van der Waals surface area contributed by atoms with Crippen LogP contribution in [0.2, 0.25) is 0 Å². The van der Waals surface area contributed by atoms with E-state index in [-0.39, 0.29) is 0 Å². The first-order valence-electron chi connectivity index (χ1n) is 4.21. The van der Waals surface area contributed by atoms with E-state index in [1.165, 1.54) is 12.8 Å². The number of hydrogen-bond acceptors (Lipinski definition) is 2. The minimum Gasteiger partial charge on any atom is -0.314 e. The van der Waals surface area contributed by atoms with Gasteiger partial charge < -0.3 is 10.6 Å². The smallest absolute Gasteiger partial charge is 0.0224 e. The van der Waals surface area contributed by atoms with Crippen molar-refractivity contribution >= 4 is 0 Å². The fourth-order valence-electron chi connectivity index (χ4n) is 1.21. The van der Waals surface area contributed by atoms with Crippen LogP contribution in [0.3, 0.4) is 0 Å². The predicted octanol–water partition coefficient (Wildman–Crippen LogP) is 0.552. The van der Waals surface area contributed by atoms with E-state index in [0.717, 1.165) is 19.6 Å². The normalized spacial score (nSPS) is 26.7. The van der Waals surface area contributed by atoms with Gasteiger partial charge in [-0.25, -0.2) is 0 Å². The van der Waals surface area contributed by atoms with E-state index in [0.29, 0.717) is 6.04 Å². The fourth-order valence-corrected chi connectivity index (χ4v) is 1.21. The Morgan fingerprint density at radius 1 is 1.50 bits per heavy atom. The molecule has 1 heterocycles. The third-order valence-electron chi connectivity index (χ3n) is 1.81. The largest absolute Gasteiger partial charge is 0.314 e. The van der Waals surface area contributed by atoms with Gasteiger partial charge in [0.2, 0.25) is 0 Å². The molecule has 2 N–H and O–H groups in total. The predicted molar refractivity (Wildman–Crippen MR) is 43.9 cm³/mol. The summed E-state index contributed by atoms with van der Waals surface area (Å²) in [6.07, 6.45) is 4.86. The first-order chi connectivity index (χ1) is 4.93. The zero-order valence-electron chi connectivity index (χ0n) is 6.69. The SMILES string of the molecule is CCC[CH]C1CNCCN1. The Bertz CT molecular complexity index is 77.3. The monoisotopic (exact) mass is 141 g/mol. The van der Waals surface area contributed by atoms with E-state index in [9.17, 15) is 0 Å². The van der Waals surface area contributed by atoms with Crippen LogP contribution in [0.5, 0.6) is 0 Å². The van der Waals surface area contributed by atoms with Gasteiger partial charge in [-0.05, 0) is 12.8 Å². The molecule has 2 heteroatoms. The lowest BCUT2D eigenvalue weighted by molar-refractivity contribution is 0.444. The van der Waals surface area contributed by atoms with E-state index in [2.05, 4.69) is 24.0 Å². The van der Waals surface area contributed by atoms with Crippen molar-refractivity contribution in [2.45, 2.75) is 25.8 Å². The van der Waals surface area contributed by atoms with Crippen molar-refractivity contribution in [2.24, 2.45) is 0 Å². The molecule has 1 aliphatic heterocycles. The zero-order chi connectivity index (χ0) is 7.23. The standard InChI is InChI=1S/C8H17N2/c1-2-3-4-8-7-9-5-6-10-8/h4,8-10H,2-3,5-7H2,1H3. The Kier molecular flexibility index (Phi) is 3.76. The minimum absolute atomic E-state index is 0.619. The zero-order valence-corrected chi connectivity index (χ0v) is 6.69. The Balaban J connectivity index is 2.02. The van der Waals surface area contributed by atoms with Crippen LogP contribution in [0.1, 0.15) is 19.8 Å². The van der Waals surface area contributed by atoms with E-state index in [1.54, 1.807) is 0 Å². The van der Waals surface area contributed by atoms with Crippen LogP contribution in [-0.2, 0) is 0 Å². The molecule has 0 aromatic carbocycles. The summed E-state index contributed by atoms with van der Waals surface area (Å²) in [6.45, 7) is 5.56. The molecule has 1 fully saturated rings. The van der Waals surface area contributed by atoms with Crippen molar-refractivity contribution in [3.63, 3.8) is 0 Å². The Morgan fingerprint density at radius 3 is 3.00 bits per heavy atom. The molecule has 1 saturated heterocycles. The third-order valence-corrected chi connectivity index (χ3v) is 1.81.